The summed E-state index contributed by atoms with van der Waals surface area (Å²) in [6.45, 7) is 3.53. The summed E-state index contributed by atoms with van der Waals surface area (Å²) in [5.74, 6) is -1.69. The normalized spacial score (nSPS) is 16.5. The molecule has 5 nitrogen and oxygen atoms in total. The number of benzene rings is 2. The van der Waals surface area contributed by atoms with Gasteiger partial charge < -0.3 is 10.4 Å². The van der Waals surface area contributed by atoms with Gasteiger partial charge in [-0.1, -0.05) is 42.5 Å². The van der Waals surface area contributed by atoms with Crippen LogP contribution in [0.4, 0.5) is 0 Å². The van der Waals surface area contributed by atoms with Crippen LogP contribution in [0.2, 0.25) is 0 Å². The lowest BCUT2D eigenvalue weighted by molar-refractivity contribution is -0.133. The third-order valence-electron chi connectivity index (χ3n) is 5.29. The minimum atomic E-state index is -1.04. The van der Waals surface area contributed by atoms with E-state index in [4.69, 9.17) is 0 Å². The number of dihydropyridines is 1. The fourth-order valence-electron chi connectivity index (χ4n) is 3.95. The van der Waals surface area contributed by atoms with Crippen LogP contribution in [0.15, 0.2) is 83.3 Å². The molecule has 142 valence electrons. The van der Waals surface area contributed by atoms with Crippen molar-refractivity contribution in [2.45, 2.75) is 19.8 Å². The number of carboxylic acid groups (broad SMARTS) is 1. The Bertz CT molecular complexity index is 1230. The average Bonchev–Trinajstić information content (AvgIpc) is 2.72. The molecule has 5 heteroatoms. The van der Waals surface area contributed by atoms with E-state index in [9.17, 15) is 15.2 Å². The molecule has 0 amide bonds. The molecule has 4 rings (SSSR count). The van der Waals surface area contributed by atoms with E-state index in [0.717, 1.165) is 27.6 Å². The van der Waals surface area contributed by atoms with Crippen LogP contribution >= 0.6 is 0 Å². The highest BCUT2D eigenvalue weighted by Gasteiger charge is 2.34. The van der Waals surface area contributed by atoms with Gasteiger partial charge in [-0.05, 0) is 37.1 Å². The summed E-state index contributed by atoms with van der Waals surface area (Å²) in [6.07, 6.45) is 1.81. The number of rotatable bonds is 3. The number of nitrogens with zero attached hydrogens (tertiary/aromatic N) is 2. The molecule has 1 aliphatic rings. The summed E-state index contributed by atoms with van der Waals surface area (Å²) in [5, 5.41) is 23.6. The summed E-state index contributed by atoms with van der Waals surface area (Å²) < 4.78 is 0. The molecule has 0 aliphatic carbocycles. The van der Waals surface area contributed by atoms with Crippen molar-refractivity contribution >= 4 is 16.9 Å². The molecule has 2 N–H and O–H groups in total. The highest BCUT2D eigenvalue weighted by atomic mass is 16.4. The predicted molar refractivity (Wildman–Crippen MR) is 112 cm³/mol. The molecule has 1 aliphatic heterocycles. The number of fused-ring (bicyclic) bond motifs is 1. The largest absolute Gasteiger partial charge is 0.478 e. The maximum atomic E-state index is 12.1. The van der Waals surface area contributed by atoms with Gasteiger partial charge >= 0.3 is 5.97 Å². The Morgan fingerprint density at radius 1 is 1.07 bits per heavy atom. The first-order chi connectivity index (χ1) is 14.0. The van der Waals surface area contributed by atoms with Crippen LogP contribution in [0.5, 0.6) is 0 Å². The summed E-state index contributed by atoms with van der Waals surface area (Å²) in [7, 11) is 0. The van der Waals surface area contributed by atoms with Gasteiger partial charge in [-0.25, -0.2) is 4.79 Å². The van der Waals surface area contributed by atoms with E-state index in [1.54, 1.807) is 13.8 Å². The smallest absolute Gasteiger partial charge is 0.334 e. The molecule has 0 bridgehead atoms. The van der Waals surface area contributed by atoms with Crippen molar-refractivity contribution in [2.24, 2.45) is 0 Å². The van der Waals surface area contributed by atoms with E-state index in [2.05, 4.69) is 16.4 Å². The molecular formula is C24H19N3O2. The first kappa shape index (κ1) is 18.5. The number of hydrogen-bond acceptors (Lipinski definition) is 4. The third kappa shape index (κ3) is 3.15. The summed E-state index contributed by atoms with van der Waals surface area (Å²) in [4.78, 5) is 16.7. The molecule has 1 atom stereocenters. The number of nitriles is 1. The van der Waals surface area contributed by atoms with Crippen molar-refractivity contribution in [3.8, 4) is 17.2 Å². The zero-order valence-corrected chi connectivity index (χ0v) is 16.1. The van der Waals surface area contributed by atoms with Crippen molar-refractivity contribution in [1.82, 2.24) is 10.3 Å². The maximum absolute atomic E-state index is 12.1. The fourth-order valence-corrected chi connectivity index (χ4v) is 3.95. The number of aromatic nitrogens is 1. The number of aliphatic carboxylic acids is 1. The van der Waals surface area contributed by atoms with E-state index in [-0.39, 0.29) is 5.57 Å². The summed E-state index contributed by atoms with van der Waals surface area (Å²) in [6, 6.07) is 19.8. The second kappa shape index (κ2) is 7.25. The first-order valence-corrected chi connectivity index (χ1v) is 9.27. The molecular weight excluding hydrogens is 362 g/mol. The van der Waals surface area contributed by atoms with E-state index < -0.39 is 11.9 Å². The fraction of sp³-hybridized carbons (Fsp3) is 0.125. The number of hydrogen-bond donors (Lipinski definition) is 2. The van der Waals surface area contributed by atoms with Crippen molar-refractivity contribution in [1.29, 1.82) is 5.26 Å². The monoisotopic (exact) mass is 381 g/mol. The van der Waals surface area contributed by atoms with Gasteiger partial charge in [0.25, 0.3) is 0 Å². The molecule has 1 unspecified atom stereocenters. The average molecular weight is 381 g/mol. The lowest BCUT2D eigenvalue weighted by atomic mass is 9.79. The van der Waals surface area contributed by atoms with Gasteiger partial charge in [0.05, 0.1) is 28.7 Å². The molecule has 0 saturated heterocycles. The number of pyridine rings is 1. The molecule has 29 heavy (non-hydrogen) atoms. The Kier molecular flexibility index (Phi) is 4.61. The van der Waals surface area contributed by atoms with Gasteiger partial charge in [0, 0.05) is 28.5 Å². The number of carbonyl (C=O) groups is 1. The number of carboxylic acids is 1. The Morgan fingerprint density at radius 3 is 2.52 bits per heavy atom. The number of allylic oxidation sites excluding steroid dienone is 3. The van der Waals surface area contributed by atoms with Crippen LogP contribution in [0.3, 0.4) is 0 Å². The Labute approximate surface area is 168 Å². The second-order valence-electron chi connectivity index (χ2n) is 7.06. The molecule has 0 saturated carbocycles. The van der Waals surface area contributed by atoms with E-state index >= 15 is 0 Å². The zero-order valence-electron chi connectivity index (χ0n) is 16.1. The molecule has 0 spiro atoms. The molecule has 2 heterocycles. The lowest BCUT2D eigenvalue weighted by Crippen LogP contribution is -2.27. The summed E-state index contributed by atoms with van der Waals surface area (Å²) in [5.41, 5.74) is 5.30. The minimum Gasteiger partial charge on any atom is -0.478 e. The van der Waals surface area contributed by atoms with Gasteiger partial charge in [-0.2, -0.15) is 5.26 Å². The number of nitrogens with one attached hydrogen (secondary N) is 1. The van der Waals surface area contributed by atoms with E-state index in [1.165, 1.54) is 0 Å². The van der Waals surface area contributed by atoms with Crippen LogP contribution in [0.1, 0.15) is 25.3 Å². The molecule has 2 aromatic carbocycles. The van der Waals surface area contributed by atoms with Crippen molar-refractivity contribution in [2.75, 3.05) is 0 Å². The molecule has 3 aromatic rings. The van der Waals surface area contributed by atoms with Gasteiger partial charge in [-0.15, -0.1) is 0 Å². The van der Waals surface area contributed by atoms with Crippen molar-refractivity contribution < 1.29 is 9.90 Å². The predicted octanol–water partition coefficient (Wildman–Crippen LogP) is 4.74. The van der Waals surface area contributed by atoms with Gasteiger partial charge in [0.1, 0.15) is 0 Å². The van der Waals surface area contributed by atoms with Crippen LogP contribution in [0.25, 0.3) is 22.0 Å². The molecule has 0 radical (unpaired) electrons. The van der Waals surface area contributed by atoms with Crippen molar-refractivity contribution in [3.63, 3.8) is 0 Å². The topological polar surface area (TPSA) is 86.0 Å². The van der Waals surface area contributed by atoms with Crippen LogP contribution < -0.4 is 5.32 Å². The standard InChI is InChI=1S/C24H19N3O2/c1-14-20(12-25)23(22(24(28)29)15(2)27-14)18-9-6-10-21-19(18)11-17(13-26-21)16-7-4-3-5-8-16/h3-11,13,23,27H,1-2H3,(H,28,29). The summed E-state index contributed by atoms with van der Waals surface area (Å²) >= 11 is 0. The molecule has 1 aromatic heterocycles. The van der Waals surface area contributed by atoms with Crippen LogP contribution in [-0.4, -0.2) is 16.1 Å². The highest BCUT2D eigenvalue weighted by molar-refractivity contribution is 5.95. The van der Waals surface area contributed by atoms with E-state index in [1.807, 2.05) is 60.8 Å². The van der Waals surface area contributed by atoms with Gasteiger partial charge in [-0.3, -0.25) is 4.98 Å². The second-order valence-corrected chi connectivity index (χ2v) is 7.06. The first-order valence-electron chi connectivity index (χ1n) is 9.27. The van der Waals surface area contributed by atoms with E-state index in [0.29, 0.717) is 17.0 Å². The quantitative estimate of drug-likeness (QED) is 0.684. The lowest BCUT2D eigenvalue weighted by Gasteiger charge is -2.28. The highest BCUT2D eigenvalue weighted by Crippen LogP contribution is 2.41. The molecule has 0 fully saturated rings. The Hall–Kier alpha value is -3.91. The zero-order chi connectivity index (χ0) is 20.5. The van der Waals surface area contributed by atoms with Gasteiger partial charge in [0.15, 0.2) is 0 Å². The minimum absolute atomic E-state index is 0.185. The van der Waals surface area contributed by atoms with Crippen LogP contribution in [0, 0.1) is 11.3 Å². The third-order valence-corrected chi connectivity index (χ3v) is 5.29. The maximum Gasteiger partial charge on any atom is 0.334 e. The van der Waals surface area contributed by atoms with Crippen molar-refractivity contribution in [3.05, 3.63) is 88.9 Å². The van der Waals surface area contributed by atoms with Crippen LogP contribution in [-0.2, 0) is 4.79 Å². The Morgan fingerprint density at radius 2 is 1.83 bits per heavy atom. The Balaban J connectivity index is 2.00. The SMILES string of the molecule is CC1=C(C#N)C(c2cccc3ncc(-c4ccccc4)cc23)C(C(=O)O)=C(C)N1. The van der Waals surface area contributed by atoms with Gasteiger partial charge in [0.2, 0.25) is 0 Å².